The molecule has 1 aromatic rings. The number of halogens is 2. The summed E-state index contributed by atoms with van der Waals surface area (Å²) in [6.07, 6.45) is 11.2. The lowest BCUT2D eigenvalue weighted by atomic mass is 9.95. The Labute approximate surface area is 245 Å². The second kappa shape index (κ2) is 15.8. The Hall–Kier alpha value is -2.35. The number of nitrogens with zero attached hydrogens (tertiary/aromatic N) is 1. The molecule has 3 atom stereocenters. The molecule has 3 unspecified atom stereocenters. The SMILES string of the molecule is C=C(/C=C\C1=C(C)NCCC1)CCCCC(F)C1CCN(C(C(C)=O)c2cc(F)ccc2COC2CCOCC2)C1. The minimum absolute atomic E-state index is 0.0551. The highest BCUT2D eigenvalue weighted by molar-refractivity contribution is 5.83. The summed E-state index contributed by atoms with van der Waals surface area (Å²) in [5.41, 5.74) is 5.12. The quantitative estimate of drug-likeness (QED) is 0.190. The van der Waals surface area contributed by atoms with Crippen molar-refractivity contribution in [3.05, 3.63) is 70.7 Å². The maximum absolute atomic E-state index is 15.3. The van der Waals surface area contributed by atoms with Crippen molar-refractivity contribution in [1.82, 2.24) is 10.2 Å². The van der Waals surface area contributed by atoms with Crippen LogP contribution in [0.25, 0.3) is 0 Å². The maximum Gasteiger partial charge on any atom is 0.151 e. The molecule has 226 valence electrons. The Kier molecular flexibility index (Phi) is 12.1. The number of likely N-dealkylation sites (tertiary alicyclic amines) is 1. The summed E-state index contributed by atoms with van der Waals surface area (Å²) in [6.45, 7) is 11.7. The summed E-state index contributed by atoms with van der Waals surface area (Å²) in [4.78, 5) is 14.9. The number of nitrogens with one attached hydrogen (secondary N) is 1. The number of Topliss-reactive ketones (excluding diaryl/α,β-unsaturated/α-hetero) is 1. The van der Waals surface area contributed by atoms with Gasteiger partial charge in [0.2, 0.25) is 0 Å². The molecular weight excluding hydrogens is 522 g/mol. The number of benzene rings is 1. The van der Waals surface area contributed by atoms with E-state index in [1.54, 1.807) is 13.0 Å². The van der Waals surface area contributed by atoms with Gasteiger partial charge in [-0.05, 0) is 101 Å². The van der Waals surface area contributed by atoms with Crippen LogP contribution in [0.5, 0.6) is 0 Å². The number of ether oxygens (including phenoxy) is 2. The highest BCUT2D eigenvalue weighted by Gasteiger charge is 2.36. The van der Waals surface area contributed by atoms with Gasteiger partial charge in [0.25, 0.3) is 0 Å². The number of rotatable bonds is 14. The Bertz CT molecular complexity index is 1100. The van der Waals surface area contributed by atoms with Crippen molar-refractivity contribution in [2.24, 2.45) is 5.92 Å². The third-order valence-corrected chi connectivity index (χ3v) is 8.81. The van der Waals surface area contributed by atoms with Gasteiger partial charge in [0, 0.05) is 37.9 Å². The fraction of sp³-hybridized carbons (Fsp3) is 0.618. The van der Waals surface area contributed by atoms with E-state index in [9.17, 15) is 9.18 Å². The Morgan fingerprint density at radius 2 is 2.07 bits per heavy atom. The number of unbranched alkanes of at least 4 members (excludes halogenated alkanes) is 1. The molecule has 41 heavy (non-hydrogen) atoms. The predicted molar refractivity (Wildman–Crippen MR) is 160 cm³/mol. The van der Waals surface area contributed by atoms with Crippen molar-refractivity contribution in [2.45, 2.75) is 96.6 Å². The van der Waals surface area contributed by atoms with Gasteiger partial charge in [0.15, 0.2) is 5.78 Å². The zero-order chi connectivity index (χ0) is 29.2. The van der Waals surface area contributed by atoms with Gasteiger partial charge in [-0.2, -0.15) is 0 Å². The first-order valence-corrected chi connectivity index (χ1v) is 15.5. The molecule has 0 radical (unpaired) electrons. The molecule has 0 aliphatic carbocycles. The van der Waals surface area contributed by atoms with E-state index in [1.165, 1.54) is 23.4 Å². The number of carbonyl (C=O) groups is 1. The van der Waals surface area contributed by atoms with Crippen molar-refractivity contribution >= 4 is 5.78 Å². The van der Waals surface area contributed by atoms with Gasteiger partial charge in [0.1, 0.15) is 12.0 Å². The number of allylic oxidation sites excluding steroid dienone is 5. The predicted octanol–water partition coefficient (Wildman–Crippen LogP) is 7.14. The van der Waals surface area contributed by atoms with E-state index < -0.39 is 12.2 Å². The number of hydrogen-bond donors (Lipinski definition) is 1. The number of alkyl halides is 1. The highest BCUT2D eigenvalue weighted by Crippen LogP contribution is 2.34. The minimum atomic E-state index is -0.915. The second-order valence-electron chi connectivity index (χ2n) is 12.0. The second-order valence-corrected chi connectivity index (χ2v) is 12.0. The molecule has 0 aromatic heterocycles. The lowest BCUT2D eigenvalue weighted by Crippen LogP contribution is -2.33. The van der Waals surface area contributed by atoms with Gasteiger partial charge in [-0.3, -0.25) is 9.69 Å². The highest BCUT2D eigenvalue weighted by atomic mass is 19.1. The summed E-state index contributed by atoms with van der Waals surface area (Å²) >= 11 is 0. The number of ketones is 1. The Balaban J connectivity index is 1.27. The monoisotopic (exact) mass is 570 g/mol. The van der Waals surface area contributed by atoms with E-state index in [4.69, 9.17) is 9.47 Å². The average molecular weight is 571 g/mol. The van der Waals surface area contributed by atoms with Crippen LogP contribution in [-0.2, 0) is 20.9 Å². The van der Waals surface area contributed by atoms with Crippen molar-refractivity contribution in [2.75, 3.05) is 32.8 Å². The molecule has 7 heteroatoms. The third kappa shape index (κ3) is 9.32. The van der Waals surface area contributed by atoms with E-state index >= 15 is 4.39 Å². The van der Waals surface area contributed by atoms with Crippen molar-refractivity contribution in [1.29, 1.82) is 0 Å². The van der Waals surface area contributed by atoms with E-state index in [0.29, 0.717) is 51.3 Å². The first kappa shape index (κ1) is 31.6. The van der Waals surface area contributed by atoms with Crippen LogP contribution in [0, 0.1) is 11.7 Å². The molecule has 1 aromatic carbocycles. The van der Waals surface area contributed by atoms with Crippen molar-refractivity contribution in [3.8, 4) is 0 Å². The zero-order valence-corrected chi connectivity index (χ0v) is 24.9. The van der Waals surface area contributed by atoms with Gasteiger partial charge in [-0.1, -0.05) is 36.8 Å². The van der Waals surface area contributed by atoms with Gasteiger partial charge in [-0.25, -0.2) is 8.78 Å². The smallest absolute Gasteiger partial charge is 0.151 e. The van der Waals surface area contributed by atoms with E-state index in [0.717, 1.165) is 62.6 Å². The van der Waals surface area contributed by atoms with E-state index in [2.05, 4.69) is 31.0 Å². The van der Waals surface area contributed by atoms with E-state index in [-0.39, 0.29) is 23.6 Å². The Morgan fingerprint density at radius 3 is 2.83 bits per heavy atom. The fourth-order valence-electron chi connectivity index (χ4n) is 6.31. The van der Waals surface area contributed by atoms with Crippen LogP contribution in [0.3, 0.4) is 0 Å². The van der Waals surface area contributed by atoms with Crippen LogP contribution < -0.4 is 5.32 Å². The summed E-state index contributed by atoms with van der Waals surface area (Å²) < 4.78 is 41.2. The molecule has 1 N–H and O–H groups in total. The molecule has 4 rings (SSSR count). The molecule has 3 aliphatic heterocycles. The number of carbonyl (C=O) groups excluding carboxylic acids is 1. The molecule has 0 amide bonds. The van der Waals surface area contributed by atoms with Crippen molar-refractivity contribution in [3.63, 3.8) is 0 Å². The molecule has 2 fully saturated rings. The molecule has 3 aliphatic rings. The van der Waals surface area contributed by atoms with Crippen LogP contribution in [-0.4, -0.2) is 55.8 Å². The van der Waals surface area contributed by atoms with Gasteiger partial charge in [-0.15, -0.1) is 0 Å². The van der Waals surface area contributed by atoms with Gasteiger partial charge < -0.3 is 14.8 Å². The molecule has 0 bridgehead atoms. The largest absolute Gasteiger partial charge is 0.388 e. The van der Waals surface area contributed by atoms with Crippen LogP contribution >= 0.6 is 0 Å². The molecule has 0 saturated carbocycles. The first-order valence-electron chi connectivity index (χ1n) is 15.5. The van der Waals surface area contributed by atoms with Crippen LogP contribution in [0.1, 0.15) is 88.8 Å². The van der Waals surface area contributed by atoms with E-state index in [1.807, 2.05) is 4.90 Å². The average Bonchev–Trinajstić information content (AvgIpc) is 3.44. The zero-order valence-electron chi connectivity index (χ0n) is 24.9. The Morgan fingerprint density at radius 1 is 1.27 bits per heavy atom. The lowest BCUT2D eigenvalue weighted by molar-refractivity contribution is -0.122. The van der Waals surface area contributed by atoms with Crippen LogP contribution in [0.4, 0.5) is 8.78 Å². The summed E-state index contributed by atoms with van der Waals surface area (Å²) in [6, 6.07) is 4.01. The molecular formula is C34H48F2N2O3. The normalized spacial score (nSPS) is 22.2. The lowest BCUT2D eigenvalue weighted by Gasteiger charge is -2.29. The van der Waals surface area contributed by atoms with Crippen LogP contribution in [0.2, 0.25) is 0 Å². The standard InChI is InChI=1S/C34H48F2N2O3/c1-24(10-11-27-8-6-17-37-25(27)2)7-4-5-9-33(36)28-14-18-38(22-28)34(26(3)39)32-21-30(35)13-12-29(32)23-41-31-15-19-40-20-16-31/h10-13,21,28,31,33-34,37H,1,4-9,14-20,22-23H2,2-3H3/b11-10-. The topological polar surface area (TPSA) is 50.8 Å². The van der Waals surface area contributed by atoms with Gasteiger partial charge in [0.05, 0.1) is 18.8 Å². The summed E-state index contributed by atoms with van der Waals surface area (Å²) in [5.74, 6) is -0.552. The molecule has 5 nitrogen and oxygen atoms in total. The maximum atomic E-state index is 15.3. The van der Waals surface area contributed by atoms with Gasteiger partial charge >= 0.3 is 0 Å². The summed E-state index contributed by atoms with van der Waals surface area (Å²) in [5, 5.41) is 3.40. The first-order chi connectivity index (χ1) is 19.8. The van der Waals surface area contributed by atoms with Crippen LogP contribution in [0.15, 0.2) is 53.8 Å². The minimum Gasteiger partial charge on any atom is -0.388 e. The number of hydrogen-bond acceptors (Lipinski definition) is 5. The molecule has 3 heterocycles. The molecule has 0 spiro atoms. The van der Waals surface area contributed by atoms with Crippen molar-refractivity contribution < 1.29 is 23.0 Å². The third-order valence-electron chi connectivity index (χ3n) is 8.81. The fourth-order valence-corrected chi connectivity index (χ4v) is 6.31. The molecule has 2 saturated heterocycles. The summed E-state index contributed by atoms with van der Waals surface area (Å²) in [7, 11) is 0.